The van der Waals surface area contributed by atoms with Crippen molar-refractivity contribution in [2.75, 3.05) is 44.9 Å². The van der Waals surface area contributed by atoms with Crippen molar-refractivity contribution in [2.24, 2.45) is 11.8 Å². The topological polar surface area (TPSA) is 75.7 Å². The van der Waals surface area contributed by atoms with E-state index in [-0.39, 0.29) is 18.4 Å². The summed E-state index contributed by atoms with van der Waals surface area (Å²) in [6.07, 6.45) is 2.22. The lowest BCUT2D eigenvalue weighted by Crippen LogP contribution is -2.47. The number of hydrogen-bond donors (Lipinski definition) is 1. The smallest absolute Gasteiger partial charge is 0.317 e. The van der Waals surface area contributed by atoms with E-state index in [1.54, 1.807) is 0 Å². The number of nitrogens with one attached hydrogen (secondary N) is 1. The molecule has 2 atom stereocenters. The molecule has 0 radical (unpaired) electrons. The maximum Gasteiger partial charge on any atom is 0.317 e. The van der Waals surface area contributed by atoms with Crippen LogP contribution >= 0.6 is 0 Å². The van der Waals surface area contributed by atoms with Crippen molar-refractivity contribution in [1.29, 1.82) is 0 Å². The van der Waals surface area contributed by atoms with Crippen LogP contribution in [0.15, 0.2) is 0 Å². The van der Waals surface area contributed by atoms with Gasteiger partial charge in [0.15, 0.2) is 0 Å². The summed E-state index contributed by atoms with van der Waals surface area (Å²) in [6.45, 7) is 6.89. The van der Waals surface area contributed by atoms with Gasteiger partial charge in [-0.1, -0.05) is 13.8 Å². The molecule has 1 aliphatic rings. The van der Waals surface area contributed by atoms with Crippen molar-refractivity contribution >= 4 is 15.9 Å². The first-order valence-corrected chi connectivity index (χ1v) is 9.14. The van der Waals surface area contributed by atoms with E-state index in [0.717, 1.165) is 19.5 Å². The molecule has 1 fully saturated rings. The van der Waals surface area contributed by atoms with E-state index in [2.05, 4.69) is 19.2 Å². The van der Waals surface area contributed by atoms with E-state index in [0.29, 0.717) is 25.0 Å². The Balaban J connectivity index is 2.11. The molecule has 20 heavy (non-hydrogen) atoms. The molecule has 118 valence electrons. The van der Waals surface area contributed by atoms with E-state index in [1.807, 2.05) is 4.90 Å². The fraction of sp³-hybridized carbons (Fsp3) is 0.923. The van der Waals surface area contributed by atoms with Crippen molar-refractivity contribution in [3.05, 3.63) is 0 Å². The normalized spacial score (nSPS) is 23.6. The number of piperidine rings is 1. The Kier molecular flexibility index (Phi) is 6.75. The summed E-state index contributed by atoms with van der Waals surface area (Å²) in [6, 6.07) is -0.0598. The summed E-state index contributed by atoms with van der Waals surface area (Å²) in [4.78, 5) is 13.7. The number of amides is 2. The summed E-state index contributed by atoms with van der Waals surface area (Å²) >= 11 is 0. The number of ether oxygens (including phenoxy) is 1. The lowest BCUT2D eigenvalue weighted by atomic mass is 9.89. The molecule has 0 aromatic rings. The van der Waals surface area contributed by atoms with Crippen molar-refractivity contribution < 1.29 is 17.9 Å². The highest BCUT2D eigenvalue weighted by Crippen LogP contribution is 2.22. The second-order valence-corrected chi connectivity index (χ2v) is 7.92. The number of hydrogen-bond acceptors (Lipinski definition) is 4. The first kappa shape index (κ1) is 17.2. The molecule has 0 aliphatic carbocycles. The number of likely N-dealkylation sites (tertiary alicyclic amines) is 1. The third kappa shape index (κ3) is 6.56. The Morgan fingerprint density at radius 1 is 1.30 bits per heavy atom. The molecule has 0 unspecified atom stereocenters. The molecule has 2 amide bonds. The molecule has 1 N–H and O–H groups in total. The molecule has 6 nitrogen and oxygen atoms in total. The Morgan fingerprint density at radius 2 is 2.00 bits per heavy atom. The minimum absolute atomic E-state index is 0.0163. The van der Waals surface area contributed by atoms with Crippen LogP contribution in [0.4, 0.5) is 4.79 Å². The van der Waals surface area contributed by atoms with Crippen LogP contribution in [0.3, 0.4) is 0 Å². The Bertz CT molecular complexity index is 411. The van der Waals surface area contributed by atoms with Gasteiger partial charge in [-0.2, -0.15) is 0 Å². The summed E-state index contributed by atoms with van der Waals surface area (Å²) in [5.74, 6) is 1.21. The summed E-state index contributed by atoms with van der Waals surface area (Å²) < 4.78 is 26.9. The van der Waals surface area contributed by atoms with Crippen LogP contribution in [-0.2, 0) is 14.6 Å². The zero-order chi connectivity index (χ0) is 15.2. The zero-order valence-electron chi connectivity index (χ0n) is 12.6. The van der Waals surface area contributed by atoms with E-state index in [4.69, 9.17) is 4.74 Å². The van der Waals surface area contributed by atoms with Crippen LogP contribution < -0.4 is 5.32 Å². The average molecular weight is 306 g/mol. The molecular weight excluding hydrogens is 280 g/mol. The zero-order valence-corrected chi connectivity index (χ0v) is 13.4. The second-order valence-electron chi connectivity index (χ2n) is 5.66. The Morgan fingerprint density at radius 3 is 2.60 bits per heavy atom. The Hall–Kier alpha value is -0.820. The first-order chi connectivity index (χ1) is 9.29. The van der Waals surface area contributed by atoms with Crippen LogP contribution in [0, 0.1) is 11.8 Å². The maximum absolute atomic E-state index is 11.9. The standard InChI is InChI=1S/C13H26N2O4S/c1-11-4-6-15(10-12(11)2)13(16)14-5-7-19-8-9-20(3,17)18/h11-12H,4-10H2,1-3H3,(H,14,16)/t11-,12-/m0/s1. The number of sulfone groups is 1. The van der Waals surface area contributed by atoms with Gasteiger partial charge in [-0.15, -0.1) is 0 Å². The highest BCUT2D eigenvalue weighted by molar-refractivity contribution is 7.90. The lowest BCUT2D eigenvalue weighted by molar-refractivity contribution is 0.131. The van der Waals surface area contributed by atoms with Gasteiger partial charge in [-0.3, -0.25) is 0 Å². The van der Waals surface area contributed by atoms with Gasteiger partial charge in [0.2, 0.25) is 0 Å². The molecule has 0 saturated carbocycles. The summed E-state index contributed by atoms with van der Waals surface area (Å²) in [7, 11) is -2.98. The molecule has 1 rings (SSSR count). The number of nitrogens with zero attached hydrogens (tertiary/aromatic N) is 1. The van der Waals surface area contributed by atoms with Gasteiger partial charge in [0.25, 0.3) is 0 Å². The van der Waals surface area contributed by atoms with Gasteiger partial charge in [-0.25, -0.2) is 13.2 Å². The van der Waals surface area contributed by atoms with Crippen molar-refractivity contribution in [2.45, 2.75) is 20.3 Å². The monoisotopic (exact) mass is 306 g/mol. The number of rotatable bonds is 6. The van der Waals surface area contributed by atoms with E-state index < -0.39 is 9.84 Å². The van der Waals surface area contributed by atoms with E-state index >= 15 is 0 Å². The van der Waals surface area contributed by atoms with Crippen molar-refractivity contribution in [3.63, 3.8) is 0 Å². The second kappa shape index (κ2) is 7.83. The third-order valence-electron chi connectivity index (χ3n) is 3.74. The van der Waals surface area contributed by atoms with Gasteiger partial charge < -0.3 is 15.0 Å². The first-order valence-electron chi connectivity index (χ1n) is 7.08. The third-order valence-corrected chi connectivity index (χ3v) is 4.65. The van der Waals surface area contributed by atoms with E-state index in [1.165, 1.54) is 6.26 Å². The van der Waals surface area contributed by atoms with Gasteiger partial charge in [0, 0.05) is 25.9 Å². The number of urea groups is 1. The van der Waals surface area contributed by atoms with Crippen LogP contribution in [0.25, 0.3) is 0 Å². The predicted octanol–water partition coefficient (Wildman–Crippen LogP) is 0.735. The Labute approximate surface area is 121 Å². The van der Waals surface area contributed by atoms with Gasteiger partial charge in [0.05, 0.1) is 19.0 Å². The molecule has 0 spiro atoms. The molecule has 0 aromatic heterocycles. The fourth-order valence-corrected chi connectivity index (χ4v) is 2.52. The van der Waals surface area contributed by atoms with Crippen LogP contribution in [0.2, 0.25) is 0 Å². The van der Waals surface area contributed by atoms with Crippen molar-refractivity contribution in [3.8, 4) is 0 Å². The minimum Gasteiger partial charge on any atom is -0.379 e. The van der Waals surface area contributed by atoms with Crippen LogP contribution in [-0.4, -0.2) is 64.2 Å². The average Bonchev–Trinajstić information content (AvgIpc) is 2.35. The van der Waals surface area contributed by atoms with Crippen LogP contribution in [0.1, 0.15) is 20.3 Å². The molecule has 7 heteroatoms. The van der Waals surface area contributed by atoms with Crippen LogP contribution in [0.5, 0.6) is 0 Å². The summed E-state index contributed by atoms with van der Waals surface area (Å²) in [5, 5.41) is 2.80. The van der Waals surface area contributed by atoms with Crippen molar-refractivity contribution in [1.82, 2.24) is 10.2 Å². The molecule has 0 aromatic carbocycles. The summed E-state index contributed by atoms with van der Waals surface area (Å²) in [5.41, 5.74) is 0. The van der Waals surface area contributed by atoms with Gasteiger partial charge in [-0.05, 0) is 18.3 Å². The van der Waals surface area contributed by atoms with Gasteiger partial charge >= 0.3 is 6.03 Å². The highest BCUT2D eigenvalue weighted by atomic mass is 32.2. The quantitative estimate of drug-likeness (QED) is 0.734. The lowest BCUT2D eigenvalue weighted by Gasteiger charge is -2.35. The molecule has 1 heterocycles. The molecular formula is C13H26N2O4S. The predicted molar refractivity (Wildman–Crippen MR) is 78.4 cm³/mol. The molecule has 0 bridgehead atoms. The largest absolute Gasteiger partial charge is 0.379 e. The fourth-order valence-electron chi connectivity index (χ4n) is 2.10. The maximum atomic E-state index is 11.9. The molecule has 1 aliphatic heterocycles. The SMILES string of the molecule is C[C@H]1CCN(C(=O)NCCOCCS(C)(=O)=O)C[C@@H]1C. The molecule has 1 saturated heterocycles. The minimum atomic E-state index is -2.98. The number of carbonyl (C=O) groups is 1. The van der Waals surface area contributed by atoms with Gasteiger partial charge in [0.1, 0.15) is 9.84 Å². The number of carbonyl (C=O) groups excluding carboxylic acids is 1. The highest BCUT2D eigenvalue weighted by Gasteiger charge is 2.25. The van der Waals surface area contributed by atoms with E-state index in [9.17, 15) is 13.2 Å².